The summed E-state index contributed by atoms with van der Waals surface area (Å²) in [6.07, 6.45) is 2.36. The summed E-state index contributed by atoms with van der Waals surface area (Å²) in [7, 11) is 0. The third kappa shape index (κ3) is 3.13. The first-order valence-electron chi connectivity index (χ1n) is 8.67. The molecule has 5 nitrogen and oxygen atoms in total. The average Bonchev–Trinajstić information content (AvgIpc) is 3.02. The summed E-state index contributed by atoms with van der Waals surface area (Å²) in [6.45, 7) is 4.00. The molecule has 2 aromatic carbocycles. The molecule has 0 spiro atoms. The molecule has 0 saturated carbocycles. The number of nitrogens with zero attached hydrogens (tertiary/aromatic N) is 3. The van der Waals surface area contributed by atoms with Crippen LogP contribution < -0.4 is 10.3 Å². The molecular weight excluding hydrogens is 362 g/mol. The zero-order valence-corrected chi connectivity index (χ0v) is 15.8. The fourth-order valence-electron chi connectivity index (χ4n) is 3.60. The van der Waals surface area contributed by atoms with E-state index in [-0.39, 0.29) is 11.6 Å². The van der Waals surface area contributed by atoms with Gasteiger partial charge in [-0.05, 0) is 56.3 Å². The average molecular weight is 380 g/mol. The maximum Gasteiger partial charge on any atom is 0.267 e. The highest BCUT2D eigenvalue weighted by Gasteiger charge is 2.36. The van der Waals surface area contributed by atoms with E-state index in [0.717, 1.165) is 11.3 Å². The second-order valence-corrected chi connectivity index (χ2v) is 7.70. The van der Waals surface area contributed by atoms with Gasteiger partial charge in [0.2, 0.25) is 0 Å². The van der Waals surface area contributed by atoms with Gasteiger partial charge in [0, 0.05) is 29.3 Å². The Morgan fingerprint density at radius 3 is 2.63 bits per heavy atom. The Bertz CT molecular complexity index is 1100. The Hall–Kier alpha value is -2.97. The highest BCUT2D eigenvalue weighted by atomic mass is 35.5. The molecule has 3 aromatic rings. The summed E-state index contributed by atoms with van der Waals surface area (Å²) >= 11 is 6.01. The van der Waals surface area contributed by atoms with Gasteiger partial charge in [0.1, 0.15) is 11.4 Å². The molecule has 0 amide bonds. The van der Waals surface area contributed by atoms with E-state index in [2.05, 4.69) is 6.07 Å². The minimum absolute atomic E-state index is 0.110. The minimum atomic E-state index is -0.444. The second kappa shape index (κ2) is 6.33. The normalized spacial score (nSPS) is 17.6. The molecule has 0 bridgehead atoms. The smallest absolute Gasteiger partial charge is 0.267 e. The Morgan fingerprint density at radius 2 is 1.93 bits per heavy atom. The fourth-order valence-corrected chi connectivity index (χ4v) is 3.73. The van der Waals surface area contributed by atoms with Crippen LogP contribution in [0.5, 0.6) is 5.75 Å². The van der Waals surface area contributed by atoms with Gasteiger partial charge < -0.3 is 4.74 Å². The maximum atomic E-state index is 12.8. The van der Waals surface area contributed by atoms with Crippen molar-refractivity contribution < 1.29 is 4.74 Å². The van der Waals surface area contributed by atoms with Gasteiger partial charge in [-0.3, -0.25) is 9.48 Å². The van der Waals surface area contributed by atoms with Gasteiger partial charge in [-0.25, -0.2) is 4.68 Å². The van der Waals surface area contributed by atoms with E-state index in [4.69, 9.17) is 16.3 Å². The summed E-state index contributed by atoms with van der Waals surface area (Å²) in [5.41, 5.74) is 1.66. The molecule has 0 unspecified atom stereocenters. The molecule has 6 heteroatoms. The lowest BCUT2D eigenvalue weighted by Gasteiger charge is -2.38. The van der Waals surface area contributed by atoms with Crippen molar-refractivity contribution in [2.24, 2.45) is 0 Å². The standard InChI is InChI=1S/C21H18ClN3O2/c1-21(2)12-18(17-11-14(13-23)3-8-19(17)27-21)25-20(26)9-10-24(25)16-6-4-15(22)5-7-16/h3-11,18H,12H2,1-2H3/t18-/m0/s1. The molecular formula is C21H18ClN3O2. The number of benzene rings is 2. The topological polar surface area (TPSA) is 60.0 Å². The molecule has 136 valence electrons. The number of ether oxygens (including phenoxy) is 1. The minimum Gasteiger partial charge on any atom is -0.487 e. The van der Waals surface area contributed by atoms with Crippen LogP contribution in [0.2, 0.25) is 5.02 Å². The molecule has 0 fully saturated rings. The Balaban J connectivity index is 1.92. The summed E-state index contributed by atoms with van der Waals surface area (Å²) in [5, 5.41) is 9.93. The van der Waals surface area contributed by atoms with Crippen LogP contribution in [0.15, 0.2) is 59.5 Å². The van der Waals surface area contributed by atoms with Crippen molar-refractivity contribution in [1.82, 2.24) is 9.36 Å². The zero-order chi connectivity index (χ0) is 19.2. The lowest BCUT2D eigenvalue weighted by molar-refractivity contribution is 0.0629. The largest absolute Gasteiger partial charge is 0.487 e. The third-order valence-corrected chi connectivity index (χ3v) is 5.02. The van der Waals surface area contributed by atoms with Gasteiger partial charge in [0.05, 0.1) is 23.4 Å². The Kier molecular flexibility index (Phi) is 4.09. The lowest BCUT2D eigenvalue weighted by atomic mass is 9.89. The van der Waals surface area contributed by atoms with E-state index in [9.17, 15) is 10.1 Å². The van der Waals surface area contributed by atoms with Crippen LogP contribution in [0.1, 0.15) is 37.4 Å². The molecule has 0 saturated heterocycles. The van der Waals surface area contributed by atoms with Crippen molar-refractivity contribution in [2.45, 2.75) is 31.9 Å². The second-order valence-electron chi connectivity index (χ2n) is 7.27. The van der Waals surface area contributed by atoms with Crippen LogP contribution in [0.3, 0.4) is 0 Å². The first kappa shape index (κ1) is 17.4. The molecule has 0 radical (unpaired) electrons. The number of halogens is 1. The molecule has 1 aromatic heterocycles. The SMILES string of the molecule is CC1(C)C[C@H](n2c(=O)ccn2-c2ccc(Cl)cc2)c2cc(C#N)ccc2O1. The number of rotatable bonds is 2. The van der Waals surface area contributed by atoms with Crippen LogP contribution in [-0.2, 0) is 0 Å². The highest BCUT2D eigenvalue weighted by molar-refractivity contribution is 6.30. The molecule has 0 N–H and O–H groups in total. The zero-order valence-electron chi connectivity index (χ0n) is 15.0. The molecule has 27 heavy (non-hydrogen) atoms. The van der Waals surface area contributed by atoms with Gasteiger partial charge in [-0.15, -0.1) is 0 Å². The van der Waals surface area contributed by atoms with Crippen LogP contribution in [0.4, 0.5) is 0 Å². The quantitative estimate of drug-likeness (QED) is 0.666. The van der Waals surface area contributed by atoms with Crippen LogP contribution in [0, 0.1) is 11.3 Å². The highest BCUT2D eigenvalue weighted by Crippen LogP contribution is 2.41. The molecule has 0 aliphatic carbocycles. The number of nitriles is 1. The third-order valence-electron chi connectivity index (χ3n) is 4.77. The van der Waals surface area contributed by atoms with E-state index in [0.29, 0.717) is 22.8 Å². The summed E-state index contributed by atoms with van der Waals surface area (Å²) in [4.78, 5) is 12.8. The molecule has 1 atom stereocenters. The predicted molar refractivity (Wildman–Crippen MR) is 104 cm³/mol. The van der Waals surface area contributed by atoms with Crippen molar-refractivity contribution in [3.05, 3.63) is 81.2 Å². The number of aromatic nitrogens is 2. The van der Waals surface area contributed by atoms with E-state index in [1.54, 1.807) is 41.2 Å². The summed E-state index contributed by atoms with van der Waals surface area (Å²) < 4.78 is 9.64. The lowest BCUT2D eigenvalue weighted by Crippen LogP contribution is -2.40. The van der Waals surface area contributed by atoms with Gasteiger partial charge in [-0.1, -0.05) is 11.6 Å². The first-order valence-corrected chi connectivity index (χ1v) is 9.05. The van der Waals surface area contributed by atoms with E-state index in [1.165, 1.54) is 0 Å². The van der Waals surface area contributed by atoms with E-state index >= 15 is 0 Å². The van der Waals surface area contributed by atoms with Gasteiger partial charge in [-0.2, -0.15) is 5.26 Å². The van der Waals surface area contributed by atoms with Crippen molar-refractivity contribution >= 4 is 11.6 Å². The van der Waals surface area contributed by atoms with Crippen LogP contribution >= 0.6 is 11.6 Å². The maximum absolute atomic E-state index is 12.8. The molecule has 1 aliphatic heterocycles. The summed E-state index contributed by atoms with van der Waals surface area (Å²) in [5.74, 6) is 0.700. The Labute approximate surface area is 162 Å². The van der Waals surface area contributed by atoms with Crippen molar-refractivity contribution in [1.29, 1.82) is 5.26 Å². The van der Waals surface area contributed by atoms with Gasteiger partial charge in [0.15, 0.2) is 0 Å². The molecule has 4 rings (SSSR count). The van der Waals surface area contributed by atoms with Crippen molar-refractivity contribution in [3.63, 3.8) is 0 Å². The molecule has 2 heterocycles. The van der Waals surface area contributed by atoms with Crippen molar-refractivity contribution in [3.8, 4) is 17.5 Å². The number of hydrogen-bond acceptors (Lipinski definition) is 3. The number of fused-ring (bicyclic) bond motifs is 1. The van der Waals surface area contributed by atoms with E-state index in [1.807, 2.05) is 36.7 Å². The Morgan fingerprint density at radius 1 is 1.19 bits per heavy atom. The molecule has 1 aliphatic rings. The van der Waals surface area contributed by atoms with Gasteiger partial charge in [0.25, 0.3) is 5.56 Å². The monoisotopic (exact) mass is 379 g/mol. The van der Waals surface area contributed by atoms with Crippen LogP contribution in [-0.4, -0.2) is 15.0 Å². The summed E-state index contributed by atoms with van der Waals surface area (Å²) in [6, 6.07) is 16.1. The van der Waals surface area contributed by atoms with E-state index < -0.39 is 5.60 Å². The first-order chi connectivity index (χ1) is 12.9. The van der Waals surface area contributed by atoms with Crippen molar-refractivity contribution in [2.75, 3.05) is 0 Å². The van der Waals surface area contributed by atoms with Crippen LogP contribution in [0.25, 0.3) is 5.69 Å². The predicted octanol–water partition coefficient (Wildman–Crippen LogP) is 4.31. The number of hydrogen-bond donors (Lipinski definition) is 0. The fraction of sp³-hybridized carbons (Fsp3) is 0.238. The van der Waals surface area contributed by atoms with Gasteiger partial charge >= 0.3 is 0 Å².